The van der Waals surface area contributed by atoms with Crippen LogP contribution in [0.25, 0.3) is 10.9 Å². The number of para-hydroxylation sites is 1. The number of rotatable bonds is 7. The van der Waals surface area contributed by atoms with E-state index in [2.05, 4.69) is 46.1 Å². The molecule has 4 nitrogen and oxygen atoms in total. The van der Waals surface area contributed by atoms with Gasteiger partial charge in [-0.15, -0.1) is 0 Å². The first-order valence-corrected chi connectivity index (χ1v) is 13.9. The molecular formula is C30H35Cl2N3O. The van der Waals surface area contributed by atoms with Gasteiger partial charge in [0.15, 0.2) is 5.78 Å². The van der Waals surface area contributed by atoms with E-state index in [0.717, 1.165) is 19.0 Å². The normalized spacial score (nSPS) is 18.5. The Bertz CT molecular complexity index is 1230. The molecular weight excluding hydrogens is 489 g/mol. The number of carbonyl (C=O) groups excluding carboxylic acids is 1. The Balaban J connectivity index is 1.03. The summed E-state index contributed by atoms with van der Waals surface area (Å²) in [5, 5.41) is 2.29. The monoisotopic (exact) mass is 523 g/mol. The summed E-state index contributed by atoms with van der Waals surface area (Å²) >= 11 is 12.0. The number of H-pyrrole nitrogens is 1. The van der Waals surface area contributed by atoms with Crippen LogP contribution in [0.4, 0.5) is 0 Å². The Labute approximate surface area is 224 Å². The number of hydrogen-bond acceptors (Lipinski definition) is 3. The quantitative estimate of drug-likeness (QED) is 0.258. The van der Waals surface area contributed by atoms with E-state index >= 15 is 0 Å². The van der Waals surface area contributed by atoms with Gasteiger partial charge in [-0.2, -0.15) is 0 Å². The van der Waals surface area contributed by atoms with Crippen molar-refractivity contribution in [1.82, 2.24) is 14.8 Å². The fourth-order valence-electron chi connectivity index (χ4n) is 5.81. The van der Waals surface area contributed by atoms with Crippen LogP contribution in [-0.4, -0.2) is 53.3 Å². The van der Waals surface area contributed by atoms with Gasteiger partial charge in [0.05, 0.1) is 10.0 Å². The van der Waals surface area contributed by atoms with Gasteiger partial charge in [0.1, 0.15) is 0 Å². The van der Waals surface area contributed by atoms with Crippen LogP contribution < -0.4 is 0 Å². The van der Waals surface area contributed by atoms with E-state index in [4.69, 9.17) is 23.2 Å². The topological polar surface area (TPSA) is 39.3 Å². The number of piperidine rings is 2. The molecule has 0 atom stereocenters. The van der Waals surface area contributed by atoms with E-state index in [1.54, 1.807) is 24.3 Å². The number of halogens is 2. The standard InChI is InChI=1S/C30H35Cl2N3O/c1-21-3-2-4-25-26(20-33-30(21)25)23-10-16-35(17-11-23)15-9-22-7-13-34(14-8-22)18-12-29(36)24-5-6-27(31)28(32)19-24/h2-6,12,18-20,22-23,33H,7-11,13-17H2,1H3/b18-12+. The fraction of sp³-hybridized carbons (Fsp3) is 0.433. The van der Waals surface area contributed by atoms with Gasteiger partial charge < -0.3 is 14.8 Å². The highest BCUT2D eigenvalue weighted by Gasteiger charge is 2.24. The molecule has 2 saturated heterocycles. The van der Waals surface area contributed by atoms with Crippen molar-refractivity contribution < 1.29 is 4.79 Å². The maximum absolute atomic E-state index is 12.4. The van der Waals surface area contributed by atoms with Crippen LogP contribution in [0.15, 0.2) is 54.9 Å². The number of nitrogens with one attached hydrogen (secondary N) is 1. The third kappa shape index (κ3) is 5.82. The van der Waals surface area contributed by atoms with Crippen LogP contribution in [0.3, 0.4) is 0 Å². The number of fused-ring (bicyclic) bond motifs is 1. The molecule has 3 aromatic rings. The second kappa shape index (κ2) is 11.4. The van der Waals surface area contributed by atoms with E-state index in [1.807, 2.05) is 6.20 Å². The third-order valence-corrected chi connectivity index (χ3v) is 8.87. The Morgan fingerprint density at radius 2 is 1.81 bits per heavy atom. The summed E-state index contributed by atoms with van der Waals surface area (Å²) < 4.78 is 0. The van der Waals surface area contributed by atoms with Gasteiger partial charge in [-0.25, -0.2) is 0 Å². The number of aromatic nitrogens is 1. The van der Waals surface area contributed by atoms with Crippen molar-refractivity contribution >= 4 is 39.9 Å². The van der Waals surface area contributed by atoms with Crippen LogP contribution >= 0.6 is 23.2 Å². The van der Waals surface area contributed by atoms with Crippen LogP contribution in [0.1, 0.15) is 59.5 Å². The Morgan fingerprint density at radius 3 is 2.56 bits per heavy atom. The van der Waals surface area contributed by atoms with Gasteiger partial charge in [0.25, 0.3) is 0 Å². The predicted octanol–water partition coefficient (Wildman–Crippen LogP) is 7.46. The number of likely N-dealkylation sites (tertiary alicyclic amines) is 2. The lowest BCUT2D eigenvalue weighted by molar-refractivity contribution is 0.104. The number of benzene rings is 2. The molecule has 2 aliphatic heterocycles. The first kappa shape index (κ1) is 25.4. The van der Waals surface area contributed by atoms with Crippen LogP contribution in [0.5, 0.6) is 0 Å². The molecule has 5 rings (SSSR count). The summed E-state index contributed by atoms with van der Waals surface area (Å²) in [6.07, 6.45) is 12.0. The summed E-state index contributed by atoms with van der Waals surface area (Å²) in [5.41, 5.74) is 4.70. The second-order valence-electron chi connectivity index (χ2n) is 10.4. The summed E-state index contributed by atoms with van der Waals surface area (Å²) in [4.78, 5) is 20.9. The van der Waals surface area contributed by atoms with Gasteiger partial charge in [0.2, 0.25) is 0 Å². The summed E-state index contributed by atoms with van der Waals surface area (Å²) in [7, 11) is 0. The second-order valence-corrected chi connectivity index (χ2v) is 11.2. The Hall–Kier alpha value is -2.27. The summed E-state index contributed by atoms with van der Waals surface area (Å²) in [6, 6.07) is 11.7. The molecule has 2 aromatic carbocycles. The molecule has 2 aliphatic rings. The molecule has 0 aliphatic carbocycles. The first-order chi connectivity index (χ1) is 17.5. The molecule has 0 unspecified atom stereocenters. The zero-order valence-corrected chi connectivity index (χ0v) is 22.5. The number of hydrogen-bond donors (Lipinski definition) is 1. The molecule has 0 saturated carbocycles. The highest BCUT2D eigenvalue weighted by atomic mass is 35.5. The van der Waals surface area contributed by atoms with Gasteiger partial charge in [-0.3, -0.25) is 4.79 Å². The fourth-order valence-corrected chi connectivity index (χ4v) is 6.11. The van der Waals surface area contributed by atoms with Crippen molar-refractivity contribution in [3.63, 3.8) is 0 Å². The molecule has 1 aromatic heterocycles. The van der Waals surface area contributed by atoms with Crippen LogP contribution in [0.2, 0.25) is 10.0 Å². The highest BCUT2D eigenvalue weighted by Crippen LogP contribution is 2.34. The van der Waals surface area contributed by atoms with Crippen LogP contribution in [0, 0.1) is 12.8 Å². The lowest BCUT2D eigenvalue weighted by Crippen LogP contribution is -2.36. The number of aryl methyl sites for hydroxylation is 1. The van der Waals surface area contributed by atoms with E-state index in [-0.39, 0.29) is 5.78 Å². The smallest absolute Gasteiger partial charge is 0.187 e. The molecule has 36 heavy (non-hydrogen) atoms. The number of ketones is 1. The van der Waals surface area contributed by atoms with E-state index in [9.17, 15) is 4.79 Å². The van der Waals surface area contributed by atoms with Crippen molar-refractivity contribution in [2.24, 2.45) is 5.92 Å². The Kier molecular flexibility index (Phi) is 8.05. The SMILES string of the molecule is Cc1cccc2c(C3CCN(CCC4CCN(/C=C/C(=O)c5ccc(Cl)c(Cl)c5)CC4)CC3)c[nH]c12. The molecule has 1 N–H and O–H groups in total. The molecule has 6 heteroatoms. The molecule has 0 radical (unpaired) electrons. The number of nitrogens with zero attached hydrogens (tertiary/aromatic N) is 2. The van der Waals surface area contributed by atoms with E-state index in [1.165, 1.54) is 73.8 Å². The van der Waals surface area contributed by atoms with Gasteiger partial charge in [0, 0.05) is 48.0 Å². The number of allylic oxidation sites excluding steroid dienone is 1. The molecule has 0 amide bonds. The lowest BCUT2D eigenvalue weighted by atomic mass is 9.88. The average molecular weight is 525 g/mol. The highest BCUT2D eigenvalue weighted by molar-refractivity contribution is 6.42. The minimum Gasteiger partial charge on any atom is -0.377 e. The zero-order chi connectivity index (χ0) is 25.1. The molecule has 2 fully saturated rings. The predicted molar refractivity (Wildman–Crippen MR) is 150 cm³/mol. The lowest BCUT2D eigenvalue weighted by Gasteiger charge is -2.35. The van der Waals surface area contributed by atoms with Crippen molar-refractivity contribution in [1.29, 1.82) is 0 Å². The van der Waals surface area contributed by atoms with Gasteiger partial charge in [-0.1, -0.05) is 41.4 Å². The summed E-state index contributed by atoms with van der Waals surface area (Å²) in [5.74, 6) is 1.40. The number of carbonyl (C=O) groups is 1. The minimum atomic E-state index is -0.0399. The molecule has 0 bridgehead atoms. The Morgan fingerprint density at radius 1 is 1.03 bits per heavy atom. The van der Waals surface area contributed by atoms with E-state index < -0.39 is 0 Å². The van der Waals surface area contributed by atoms with Gasteiger partial charge >= 0.3 is 0 Å². The van der Waals surface area contributed by atoms with Crippen molar-refractivity contribution in [2.45, 2.75) is 44.9 Å². The average Bonchev–Trinajstić information content (AvgIpc) is 3.34. The van der Waals surface area contributed by atoms with Crippen LogP contribution in [-0.2, 0) is 0 Å². The molecule has 0 spiro atoms. The first-order valence-electron chi connectivity index (χ1n) is 13.2. The zero-order valence-electron chi connectivity index (χ0n) is 21.0. The third-order valence-electron chi connectivity index (χ3n) is 8.13. The largest absolute Gasteiger partial charge is 0.377 e. The van der Waals surface area contributed by atoms with Crippen molar-refractivity contribution in [2.75, 3.05) is 32.7 Å². The minimum absolute atomic E-state index is 0.0399. The maximum atomic E-state index is 12.4. The van der Waals surface area contributed by atoms with Gasteiger partial charge in [-0.05, 0) is 99.8 Å². The maximum Gasteiger partial charge on any atom is 0.187 e. The van der Waals surface area contributed by atoms with Crippen molar-refractivity contribution in [3.8, 4) is 0 Å². The molecule has 3 heterocycles. The van der Waals surface area contributed by atoms with Crippen molar-refractivity contribution in [3.05, 3.63) is 81.6 Å². The number of aromatic amines is 1. The summed E-state index contributed by atoms with van der Waals surface area (Å²) in [6.45, 7) is 7.80. The van der Waals surface area contributed by atoms with E-state index in [0.29, 0.717) is 21.5 Å². The molecule has 190 valence electrons.